The first kappa shape index (κ1) is 17.5. The van der Waals surface area contributed by atoms with E-state index in [1.54, 1.807) is 0 Å². The van der Waals surface area contributed by atoms with Gasteiger partial charge in [-0.1, -0.05) is 24.3 Å². The molecule has 6 heteroatoms. The fraction of sp³-hybridized carbons (Fsp3) is 0.333. The van der Waals surface area contributed by atoms with Crippen molar-refractivity contribution >= 4 is 22.6 Å². The van der Waals surface area contributed by atoms with Crippen molar-refractivity contribution in [3.8, 4) is 11.4 Å². The fourth-order valence-corrected chi connectivity index (χ4v) is 3.52. The van der Waals surface area contributed by atoms with E-state index in [1.807, 2.05) is 48.2 Å². The van der Waals surface area contributed by atoms with Crippen LogP contribution in [-0.4, -0.2) is 72.5 Å². The molecule has 0 unspecified atom stereocenters. The number of hydrogen-bond donors (Lipinski definition) is 1. The van der Waals surface area contributed by atoms with E-state index in [0.29, 0.717) is 6.54 Å². The third-order valence-corrected chi connectivity index (χ3v) is 4.96. The molecule has 1 aliphatic rings. The number of benzene rings is 2. The number of anilines is 1. The van der Waals surface area contributed by atoms with Crippen LogP contribution >= 0.6 is 0 Å². The Morgan fingerprint density at radius 1 is 1.07 bits per heavy atom. The van der Waals surface area contributed by atoms with Gasteiger partial charge in [0.25, 0.3) is 0 Å². The van der Waals surface area contributed by atoms with E-state index in [1.165, 1.54) is 5.69 Å². The number of likely N-dealkylation sites (N-methyl/N-ethyl adjacent to an activating group) is 1. The highest BCUT2D eigenvalue weighted by atomic mass is 16.2. The van der Waals surface area contributed by atoms with Crippen LogP contribution in [0.15, 0.2) is 48.5 Å². The Balaban J connectivity index is 1.48. The summed E-state index contributed by atoms with van der Waals surface area (Å²) < 4.78 is 0. The molecule has 140 valence electrons. The zero-order valence-corrected chi connectivity index (χ0v) is 15.9. The summed E-state index contributed by atoms with van der Waals surface area (Å²) in [6, 6.07) is 16.5. The van der Waals surface area contributed by atoms with Crippen molar-refractivity contribution in [2.24, 2.45) is 0 Å². The fourth-order valence-electron chi connectivity index (χ4n) is 3.52. The molecule has 3 aromatic rings. The van der Waals surface area contributed by atoms with Crippen LogP contribution in [0.5, 0.6) is 0 Å². The van der Waals surface area contributed by atoms with E-state index in [0.717, 1.165) is 48.6 Å². The molecule has 1 fully saturated rings. The molecular weight excluding hydrogens is 338 g/mol. The number of rotatable bonds is 4. The second-order valence-corrected chi connectivity index (χ2v) is 7.26. The van der Waals surface area contributed by atoms with Gasteiger partial charge in [0.05, 0.1) is 17.6 Å². The minimum absolute atomic E-state index is 0.204. The van der Waals surface area contributed by atoms with Gasteiger partial charge >= 0.3 is 0 Å². The summed E-state index contributed by atoms with van der Waals surface area (Å²) in [5, 5.41) is 0. The number of aromatic nitrogens is 2. The summed E-state index contributed by atoms with van der Waals surface area (Å²) >= 11 is 0. The van der Waals surface area contributed by atoms with Gasteiger partial charge in [0.2, 0.25) is 5.91 Å². The number of H-pyrrole nitrogens is 1. The average molecular weight is 363 g/mol. The third kappa shape index (κ3) is 3.80. The van der Waals surface area contributed by atoms with Gasteiger partial charge in [0, 0.05) is 37.4 Å². The Morgan fingerprint density at radius 2 is 1.85 bits per heavy atom. The number of imidazole rings is 1. The van der Waals surface area contributed by atoms with Crippen molar-refractivity contribution in [3.05, 3.63) is 48.5 Å². The lowest BCUT2D eigenvalue weighted by Gasteiger charge is -2.36. The van der Waals surface area contributed by atoms with Crippen molar-refractivity contribution < 1.29 is 4.79 Å². The van der Waals surface area contributed by atoms with Gasteiger partial charge in [-0.2, -0.15) is 0 Å². The van der Waals surface area contributed by atoms with Crippen molar-refractivity contribution in [1.82, 2.24) is 19.8 Å². The standard InChI is InChI=1S/C21H25N5O/c1-24(2)15-20(27)26-12-10-25(11-13-26)17-7-5-6-16(14-17)21-22-18-8-3-4-9-19(18)23-21/h3-9,14H,10-13,15H2,1-2H3,(H,22,23). The largest absolute Gasteiger partial charge is 0.368 e. The first-order valence-electron chi connectivity index (χ1n) is 9.33. The Morgan fingerprint density at radius 3 is 2.59 bits per heavy atom. The Bertz CT molecular complexity index is 907. The van der Waals surface area contributed by atoms with Crippen molar-refractivity contribution in [2.45, 2.75) is 0 Å². The summed E-state index contributed by atoms with van der Waals surface area (Å²) in [5.41, 5.74) is 4.28. The number of nitrogens with zero attached hydrogens (tertiary/aromatic N) is 4. The molecule has 1 aliphatic heterocycles. The maximum absolute atomic E-state index is 12.2. The number of carbonyl (C=O) groups excluding carboxylic acids is 1. The van der Waals surface area contributed by atoms with Crippen molar-refractivity contribution in [1.29, 1.82) is 0 Å². The molecule has 1 aromatic heterocycles. The van der Waals surface area contributed by atoms with Crippen LogP contribution in [0.4, 0.5) is 5.69 Å². The van der Waals surface area contributed by atoms with Crippen LogP contribution in [-0.2, 0) is 4.79 Å². The summed E-state index contributed by atoms with van der Waals surface area (Å²) in [4.78, 5) is 26.5. The lowest BCUT2D eigenvalue weighted by molar-refractivity contribution is -0.132. The minimum Gasteiger partial charge on any atom is -0.368 e. The van der Waals surface area contributed by atoms with Gasteiger partial charge in [-0.15, -0.1) is 0 Å². The van der Waals surface area contributed by atoms with Crippen LogP contribution in [0.25, 0.3) is 22.4 Å². The highest BCUT2D eigenvalue weighted by Crippen LogP contribution is 2.25. The number of amides is 1. The molecule has 0 bridgehead atoms. The maximum Gasteiger partial charge on any atom is 0.236 e. The van der Waals surface area contributed by atoms with Gasteiger partial charge in [0.1, 0.15) is 5.82 Å². The molecule has 6 nitrogen and oxygen atoms in total. The second-order valence-electron chi connectivity index (χ2n) is 7.26. The monoisotopic (exact) mass is 363 g/mol. The van der Waals surface area contributed by atoms with Gasteiger partial charge in [0.15, 0.2) is 0 Å². The molecule has 0 radical (unpaired) electrons. The van der Waals surface area contributed by atoms with Crippen LogP contribution in [0.2, 0.25) is 0 Å². The minimum atomic E-state index is 0.204. The molecule has 2 heterocycles. The van der Waals surface area contributed by atoms with Crippen molar-refractivity contribution in [3.63, 3.8) is 0 Å². The lowest BCUT2D eigenvalue weighted by atomic mass is 10.1. The molecule has 27 heavy (non-hydrogen) atoms. The number of piperazine rings is 1. The molecule has 0 saturated carbocycles. The van der Waals surface area contributed by atoms with Crippen molar-refractivity contribution in [2.75, 3.05) is 51.7 Å². The number of nitrogens with one attached hydrogen (secondary N) is 1. The summed E-state index contributed by atoms with van der Waals surface area (Å²) in [5.74, 6) is 1.09. The quantitative estimate of drug-likeness (QED) is 0.774. The maximum atomic E-state index is 12.2. The Hall–Kier alpha value is -2.86. The zero-order valence-electron chi connectivity index (χ0n) is 15.9. The highest BCUT2D eigenvalue weighted by Gasteiger charge is 2.21. The Kier molecular flexibility index (Phi) is 4.81. The molecule has 4 rings (SSSR count). The van der Waals surface area contributed by atoms with E-state index in [9.17, 15) is 4.79 Å². The molecule has 2 aromatic carbocycles. The second kappa shape index (κ2) is 7.40. The Labute approximate surface area is 159 Å². The molecule has 0 spiro atoms. The van der Waals surface area contributed by atoms with Gasteiger partial charge in [-0.25, -0.2) is 4.98 Å². The summed E-state index contributed by atoms with van der Waals surface area (Å²) in [6.45, 7) is 3.70. The molecule has 1 amide bonds. The predicted octanol–water partition coefficient (Wildman–Crippen LogP) is 2.44. The van der Waals surface area contributed by atoms with E-state index < -0.39 is 0 Å². The predicted molar refractivity (Wildman–Crippen MR) is 109 cm³/mol. The smallest absolute Gasteiger partial charge is 0.236 e. The zero-order chi connectivity index (χ0) is 18.8. The number of aromatic amines is 1. The number of para-hydroxylation sites is 2. The summed E-state index contributed by atoms with van der Waals surface area (Å²) in [7, 11) is 3.86. The van der Waals surface area contributed by atoms with Crippen LogP contribution < -0.4 is 4.90 Å². The molecule has 0 aliphatic carbocycles. The number of fused-ring (bicyclic) bond motifs is 1. The summed E-state index contributed by atoms with van der Waals surface area (Å²) in [6.07, 6.45) is 0. The van der Waals surface area contributed by atoms with Gasteiger partial charge in [-0.05, 0) is 38.4 Å². The molecular formula is C21H25N5O. The molecule has 1 saturated heterocycles. The molecule has 1 N–H and O–H groups in total. The van der Waals surface area contributed by atoms with E-state index in [2.05, 4.69) is 34.1 Å². The lowest BCUT2D eigenvalue weighted by Crippen LogP contribution is -2.50. The first-order valence-corrected chi connectivity index (χ1v) is 9.33. The SMILES string of the molecule is CN(C)CC(=O)N1CCN(c2cccc(-c3nc4ccccc4[nH]3)c2)CC1. The van der Waals surface area contributed by atoms with Crippen LogP contribution in [0.3, 0.4) is 0 Å². The molecule has 0 atom stereocenters. The topological polar surface area (TPSA) is 55.5 Å². The first-order chi connectivity index (χ1) is 13.1. The highest BCUT2D eigenvalue weighted by molar-refractivity contribution is 5.80. The third-order valence-electron chi connectivity index (χ3n) is 4.96. The van der Waals surface area contributed by atoms with Crippen LogP contribution in [0, 0.1) is 0 Å². The average Bonchev–Trinajstić information content (AvgIpc) is 3.12. The van der Waals surface area contributed by atoms with Gasteiger partial charge < -0.3 is 19.7 Å². The number of hydrogen-bond acceptors (Lipinski definition) is 4. The van der Waals surface area contributed by atoms with E-state index in [4.69, 9.17) is 4.98 Å². The van der Waals surface area contributed by atoms with E-state index >= 15 is 0 Å². The van der Waals surface area contributed by atoms with E-state index in [-0.39, 0.29) is 5.91 Å². The van der Waals surface area contributed by atoms with Gasteiger partial charge in [-0.3, -0.25) is 4.79 Å². The normalized spacial score (nSPS) is 14.9. The number of carbonyl (C=O) groups is 1. The van der Waals surface area contributed by atoms with Crippen LogP contribution in [0.1, 0.15) is 0 Å².